The average molecular weight is 329 g/mol. The Hall–Kier alpha value is -2.69. The van der Waals surface area contributed by atoms with Crippen molar-refractivity contribution in [3.63, 3.8) is 0 Å². The van der Waals surface area contributed by atoms with E-state index >= 15 is 0 Å². The van der Waals surface area contributed by atoms with Crippen LogP contribution in [0.4, 0.5) is 0 Å². The minimum Gasteiger partial charge on any atom is -0.493 e. The van der Waals surface area contributed by atoms with Gasteiger partial charge < -0.3 is 19.5 Å². The molecule has 2 aromatic rings. The first-order valence-electron chi connectivity index (χ1n) is 7.84. The fourth-order valence-electron chi connectivity index (χ4n) is 2.27. The first-order chi connectivity index (χ1) is 11.6. The second-order valence-electron chi connectivity index (χ2n) is 5.30. The molecular weight excluding hydrogens is 306 g/mol. The Balaban J connectivity index is 1.82. The number of rotatable bonds is 8. The van der Waals surface area contributed by atoms with Crippen LogP contribution in [0.5, 0.6) is 17.2 Å². The first kappa shape index (κ1) is 17.7. The van der Waals surface area contributed by atoms with E-state index in [0.717, 1.165) is 5.56 Å². The van der Waals surface area contributed by atoms with Gasteiger partial charge in [0.25, 0.3) is 5.91 Å². The van der Waals surface area contributed by atoms with Crippen LogP contribution in [0.2, 0.25) is 0 Å². The number of para-hydroxylation sites is 1. The monoisotopic (exact) mass is 329 g/mol. The van der Waals surface area contributed by atoms with Gasteiger partial charge in [-0.1, -0.05) is 24.3 Å². The number of carbonyl (C=O) groups excluding carboxylic acids is 1. The van der Waals surface area contributed by atoms with Crippen molar-refractivity contribution in [2.24, 2.45) is 0 Å². The molecule has 2 rings (SSSR count). The van der Waals surface area contributed by atoms with Crippen LogP contribution in [0.3, 0.4) is 0 Å². The van der Waals surface area contributed by atoms with Crippen LogP contribution in [-0.4, -0.2) is 32.8 Å². The summed E-state index contributed by atoms with van der Waals surface area (Å²) < 4.78 is 16.1. The SMILES string of the molecule is COc1ccc(CCNC(=O)[C@H](C)Oc2ccccc2)cc1OC. The first-order valence-corrected chi connectivity index (χ1v) is 7.84. The topological polar surface area (TPSA) is 56.8 Å². The molecule has 1 N–H and O–H groups in total. The lowest BCUT2D eigenvalue weighted by Gasteiger charge is -2.15. The third-order valence-electron chi connectivity index (χ3n) is 3.59. The van der Waals surface area contributed by atoms with E-state index in [0.29, 0.717) is 30.2 Å². The number of hydrogen-bond acceptors (Lipinski definition) is 4. The Morgan fingerprint density at radius 1 is 1.04 bits per heavy atom. The van der Waals surface area contributed by atoms with E-state index in [1.54, 1.807) is 21.1 Å². The van der Waals surface area contributed by atoms with Crippen molar-refractivity contribution in [1.29, 1.82) is 0 Å². The summed E-state index contributed by atoms with van der Waals surface area (Å²) in [6.07, 6.45) is 0.155. The molecule has 0 unspecified atom stereocenters. The Bertz CT molecular complexity index is 658. The molecule has 128 valence electrons. The lowest BCUT2D eigenvalue weighted by atomic mass is 10.1. The molecule has 0 heterocycles. The summed E-state index contributed by atoms with van der Waals surface area (Å²) in [6, 6.07) is 15.0. The van der Waals surface area contributed by atoms with E-state index in [-0.39, 0.29) is 5.91 Å². The number of benzene rings is 2. The average Bonchev–Trinajstić information content (AvgIpc) is 2.62. The van der Waals surface area contributed by atoms with Crippen LogP contribution in [0.25, 0.3) is 0 Å². The van der Waals surface area contributed by atoms with E-state index in [4.69, 9.17) is 14.2 Å². The second kappa shape index (κ2) is 8.82. The van der Waals surface area contributed by atoms with Gasteiger partial charge in [0.1, 0.15) is 5.75 Å². The lowest BCUT2D eigenvalue weighted by Crippen LogP contribution is -2.37. The van der Waals surface area contributed by atoms with Gasteiger partial charge in [0.2, 0.25) is 0 Å². The number of hydrogen-bond donors (Lipinski definition) is 1. The highest BCUT2D eigenvalue weighted by Crippen LogP contribution is 2.27. The van der Waals surface area contributed by atoms with Gasteiger partial charge in [-0.2, -0.15) is 0 Å². The van der Waals surface area contributed by atoms with Crippen LogP contribution < -0.4 is 19.5 Å². The molecule has 2 aromatic carbocycles. The molecule has 0 radical (unpaired) electrons. The van der Waals surface area contributed by atoms with Crippen LogP contribution >= 0.6 is 0 Å². The zero-order chi connectivity index (χ0) is 17.4. The minimum absolute atomic E-state index is 0.140. The smallest absolute Gasteiger partial charge is 0.260 e. The fraction of sp³-hybridized carbons (Fsp3) is 0.316. The Labute approximate surface area is 142 Å². The van der Waals surface area contributed by atoms with E-state index in [2.05, 4.69) is 5.32 Å². The van der Waals surface area contributed by atoms with E-state index in [1.165, 1.54) is 0 Å². The summed E-state index contributed by atoms with van der Waals surface area (Å²) in [5.74, 6) is 1.91. The van der Waals surface area contributed by atoms with Crippen LogP contribution in [0, 0.1) is 0 Å². The third kappa shape index (κ3) is 4.91. The summed E-state index contributed by atoms with van der Waals surface area (Å²) in [4.78, 5) is 12.1. The Morgan fingerprint density at radius 3 is 2.42 bits per heavy atom. The molecule has 0 bridgehead atoms. The van der Waals surface area contributed by atoms with Crippen molar-refractivity contribution in [3.05, 3.63) is 54.1 Å². The van der Waals surface area contributed by atoms with Gasteiger partial charge in [0.05, 0.1) is 14.2 Å². The van der Waals surface area contributed by atoms with Crippen molar-refractivity contribution in [2.45, 2.75) is 19.4 Å². The minimum atomic E-state index is -0.544. The molecule has 0 spiro atoms. The molecule has 0 saturated heterocycles. The van der Waals surface area contributed by atoms with Gasteiger partial charge in [-0.05, 0) is 43.2 Å². The molecule has 5 nitrogen and oxygen atoms in total. The summed E-state index contributed by atoms with van der Waals surface area (Å²) >= 11 is 0. The number of methoxy groups -OCH3 is 2. The van der Waals surface area contributed by atoms with E-state index in [1.807, 2.05) is 48.5 Å². The number of carbonyl (C=O) groups is 1. The molecule has 0 saturated carbocycles. The van der Waals surface area contributed by atoms with Gasteiger partial charge in [0, 0.05) is 6.54 Å². The molecule has 0 fully saturated rings. The molecule has 0 aliphatic heterocycles. The largest absolute Gasteiger partial charge is 0.493 e. The van der Waals surface area contributed by atoms with Crippen LogP contribution in [-0.2, 0) is 11.2 Å². The molecular formula is C19H23NO4. The molecule has 1 atom stereocenters. The maximum Gasteiger partial charge on any atom is 0.260 e. The highest BCUT2D eigenvalue weighted by atomic mass is 16.5. The van der Waals surface area contributed by atoms with Crippen molar-refractivity contribution >= 4 is 5.91 Å². The maximum atomic E-state index is 12.1. The van der Waals surface area contributed by atoms with Gasteiger partial charge in [0.15, 0.2) is 17.6 Å². The van der Waals surface area contributed by atoms with Crippen molar-refractivity contribution in [3.8, 4) is 17.2 Å². The number of nitrogens with one attached hydrogen (secondary N) is 1. The normalized spacial score (nSPS) is 11.5. The zero-order valence-corrected chi connectivity index (χ0v) is 14.2. The van der Waals surface area contributed by atoms with E-state index in [9.17, 15) is 4.79 Å². The fourth-order valence-corrected chi connectivity index (χ4v) is 2.27. The van der Waals surface area contributed by atoms with Crippen LogP contribution in [0.1, 0.15) is 12.5 Å². The molecule has 0 aromatic heterocycles. The Morgan fingerprint density at radius 2 is 1.75 bits per heavy atom. The second-order valence-corrected chi connectivity index (χ2v) is 5.30. The predicted octanol–water partition coefficient (Wildman–Crippen LogP) is 2.83. The quantitative estimate of drug-likeness (QED) is 0.809. The van der Waals surface area contributed by atoms with Crippen LogP contribution in [0.15, 0.2) is 48.5 Å². The summed E-state index contributed by atoms with van der Waals surface area (Å²) in [6.45, 7) is 2.26. The predicted molar refractivity (Wildman–Crippen MR) is 92.8 cm³/mol. The van der Waals surface area contributed by atoms with Crippen molar-refractivity contribution in [2.75, 3.05) is 20.8 Å². The summed E-state index contributed by atoms with van der Waals surface area (Å²) in [5, 5.41) is 2.88. The lowest BCUT2D eigenvalue weighted by molar-refractivity contribution is -0.127. The summed E-state index contributed by atoms with van der Waals surface area (Å²) in [5.41, 5.74) is 1.06. The standard InChI is InChI=1S/C19H23NO4/c1-14(24-16-7-5-4-6-8-16)19(21)20-12-11-15-9-10-17(22-2)18(13-15)23-3/h4-10,13-14H,11-12H2,1-3H3,(H,20,21)/t14-/m0/s1. The highest BCUT2D eigenvalue weighted by Gasteiger charge is 2.14. The molecule has 24 heavy (non-hydrogen) atoms. The van der Waals surface area contributed by atoms with Gasteiger partial charge >= 0.3 is 0 Å². The van der Waals surface area contributed by atoms with Gasteiger partial charge in [-0.3, -0.25) is 4.79 Å². The van der Waals surface area contributed by atoms with Gasteiger partial charge in [-0.15, -0.1) is 0 Å². The summed E-state index contributed by atoms with van der Waals surface area (Å²) in [7, 11) is 3.21. The van der Waals surface area contributed by atoms with Crippen molar-refractivity contribution in [1.82, 2.24) is 5.32 Å². The molecule has 0 aliphatic rings. The molecule has 0 aliphatic carbocycles. The van der Waals surface area contributed by atoms with Gasteiger partial charge in [-0.25, -0.2) is 0 Å². The molecule has 5 heteroatoms. The highest BCUT2D eigenvalue weighted by molar-refractivity contribution is 5.80. The Kier molecular flexibility index (Phi) is 6.49. The zero-order valence-electron chi connectivity index (χ0n) is 14.2. The van der Waals surface area contributed by atoms with E-state index < -0.39 is 6.10 Å². The molecule has 1 amide bonds. The number of amides is 1. The third-order valence-corrected chi connectivity index (χ3v) is 3.59. The maximum absolute atomic E-state index is 12.1. The number of ether oxygens (including phenoxy) is 3. The van der Waals surface area contributed by atoms with Crippen molar-refractivity contribution < 1.29 is 19.0 Å².